The van der Waals surface area contributed by atoms with E-state index in [-0.39, 0.29) is 5.91 Å². The predicted octanol–water partition coefficient (Wildman–Crippen LogP) is 3.13. The Balaban J connectivity index is 2.35. The third kappa shape index (κ3) is 2.99. The molecular formula is C15H25N3O. The molecule has 4 heteroatoms. The van der Waals surface area contributed by atoms with Crippen LogP contribution in [0.25, 0.3) is 0 Å². The summed E-state index contributed by atoms with van der Waals surface area (Å²) in [6, 6.07) is 0.331. The molecule has 1 heterocycles. The van der Waals surface area contributed by atoms with Gasteiger partial charge in [-0.05, 0) is 19.8 Å². The summed E-state index contributed by atoms with van der Waals surface area (Å²) in [6.07, 6.45) is 7.94. The zero-order valence-electron chi connectivity index (χ0n) is 12.5. The van der Waals surface area contributed by atoms with Gasteiger partial charge in [-0.2, -0.15) is 0 Å². The Kier molecular flexibility index (Phi) is 4.27. The smallest absolute Gasteiger partial charge is 0.238 e. The molecule has 0 spiro atoms. The lowest BCUT2D eigenvalue weighted by Gasteiger charge is -2.35. The lowest BCUT2D eigenvalue weighted by atomic mass is 9.95. The van der Waals surface area contributed by atoms with Crippen LogP contribution in [0.1, 0.15) is 70.3 Å². The molecule has 0 saturated heterocycles. The van der Waals surface area contributed by atoms with E-state index >= 15 is 0 Å². The number of nitrogens with zero attached hydrogens (tertiary/aromatic N) is 3. The lowest BCUT2D eigenvalue weighted by Crippen LogP contribution is -2.48. The summed E-state index contributed by atoms with van der Waals surface area (Å²) in [4.78, 5) is 16.7. The highest BCUT2D eigenvalue weighted by molar-refractivity contribution is 5.84. The molecule has 0 bridgehead atoms. The molecule has 4 nitrogen and oxygen atoms in total. The Labute approximate surface area is 115 Å². The van der Waals surface area contributed by atoms with E-state index in [0.29, 0.717) is 12.0 Å². The van der Waals surface area contributed by atoms with Gasteiger partial charge in [0.25, 0.3) is 0 Å². The van der Waals surface area contributed by atoms with Crippen molar-refractivity contribution >= 4 is 5.91 Å². The largest absolute Gasteiger partial charge is 0.273 e. The van der Waals surface area contributed by atoms with Crippen LogP contribution in [0.2, 0.25) is 0 Å². The van der Waals surface area contributed by atoms with Crippen LogP contribution >= 0.6 is 0 Å². The summed E-state index contributed by atoms with van der Waals surface area (Å²) in [6.45, 7) is 7.89. The molecule has 1 aromatic rings. The molecule has 1 aromatic heterocycles. The second kappa shape index (κ2) is 5.76. The van der Waals surface area contributed by atoms with E-state index in [2.05, 4.69) is 18.8 Å². The molecule has 1 amide bonds. The average Bonchev–Trinajstić information content (AvgIpc) is 2.72. The number of aryl methyl sites for hydroxylation is 1. The van der Waals surface area contributed by atoms with E-state index in [1.165, 1.54) is 19.3 Å². The Morgan fingerprint density at radius 1 is 1.37 bits per heavy atom. The van der Waals surface area contributed by atoms with Crippen molar-refractivity contribution in [3.63, 3.8) is 0 Å². The van der Waals surface area contributed by atoms with Crippen LogP contribution in [0.3, 0.4) is 0 Å². The fraction of sp³-hybridized carbons (Fsp3) is 0.733. The van der Waals surface area contributed by atoms with Crippen molar-refractivity contribution in [2.24, 2.45) is 0 Å². The van der Waals surface area contributed by atoms with Crippen LogP contribution in [-0.2, 0) is 4.79 Å². The highest BCUT2D eigenvalue weighted by Crippen LogP contribution is 2.24. The van der Waals surface area contributed by atoms with Crippen molar-refractivity contribution in [3.8, 4) is 0 Å². The molecule has 0 atom stereocenters. The fourth-order valence-electron chi connectivity index (χ4n) is 2.98. The van der Waals surface area contributed by atoms with Gasteiger partial charge in [0, 0.05) is 19.0 Å². The molecule has 106 valence electrons. The number of carbonyl (C=O) groups is 1. The van der Waals surface area contributed by atoms with E-state index in [9.17, 15) is 4.79 Å². The Morgan fingerprint density at radius 2 is 2.00 bits per heavy atom. The minimum Gasteiger partial charge on any atom is -0.273 e. The maximum Gasteiger partial charge on any atom is 0.238 e. The van der Waals surface area contributed by atoms with Crippen molar-refractivity contribution in [2.45, 2.75) is 71.8 Å². The molecule has 2 rings (SSSR count). The molecule has 0 radical (unpaired) electrons. The first-order valence-corrected chi connectivity index (χ1v) is 7.36. The van der Waals surface area contributed by atoms with Gasteiger partial charge in [0.1, 0.15) is 5.82 Å². The Morgan fingerprint density at radius 3 is 2.53 bits per heavy atom. The van der Waals surface area contributed by atoms with Gasteiger partial charge in [-0.15, -0.1) is 0 Å². The van der Waals surface area contributed by atoms with Crippen LogP contribution in [0.5, 0.6) is 0 Å². The summed E-state index contributed by atoms with van der Waals surface area (Å²) in [5, 5.41) is 1.93. The van der Waals surface area contributed by atoms with Gasteiger partial charge in [0.2, 0.25) is 5.91 Å². The SMILES string of the molecule is CC(=O)N(C1CCCCC1)n1cc(C)nc1C(C)C. The van der Waals surface area contributed by atoms with Crippen molar-refractivity contribution in [1.29, 1.82) is 0 Å². The molecule has 1 aliphatic carbocycles. The zero-order valence-corrected chi connectivity index (χ0v) is 12.5. The molecule has 1 fully saturated rings. The van der Waals surface area contributed by atoms with Gasteiger partial charge in [0.05, 0.1) is 11.7 Å². The van der Waals surface area contributed by atoms with Crippen molar-refractivity contribution in [1.82, 2.24) is 9.66 Å². The van der Waals surface area contributed by atoms with Crippen LogP contribution < -0.4 is 5.01 Å². The van der Waals surface area contributed by atoms with Crippen LogP contribution in [0, 0.1) is 6.92 Å². The molecule has 0 aliphatic heterocycles. The molecule has 1 aliphatic rings. The normalized spacial score (nSPS) is 16.9. The predicted molar refractivity (Wildman–Crippen MR) is 76.8 cm³/mol. The van der Waals surface area contributed by atoms with Gasteiger partial charge in [0.15, 0.2) is 0 Å². The standard InChI is InChI=1S/C15H25N3O/c1-11(2)15-16-12(3)10-17(15)18(13(4)19)14-8-6-5-7-9-14/h10-11,14H,5-9H2,1-4H3. The van der Waals surface area contributed by atoms with Gasteiger partial charge >= 0.3 is 0 Å². The molecule has 0 unspecified atom stereocenters. The third-order valence-electron chi connectivity index (χ3n) is 3.83. The monoisotopic (exact) mass is 263 g/mol. The number of amides is 1. The first-order valence-electron chi connectivity index (χ1n) is 7.36. The Bertz CT molecular complexity index is 444. The summed E-state index contributed by atoms with van der Waals surface area (Å²) < 4.78 is 2.00. The molecular weight excluding hydrogens is 238 g/mol. The first-order chi connectivity index (χ1) is 9.00. The summed E-state index contributed by atoms with van der Waals surface area (Å²) in [5.41, 5.74) is 0.978. The van der Waals surface area contributed by atoms with Crippen LogP contribution in [-0.4, -0.2) is 21.6 Å². The number of rotatable bonds is 3. The minimum atomic E-state index is 0.117. The first kappa shape index (κ1) is 14.1. The van der Waals surface area contributed by atoms with Gasteiger partial charge in [-0.25, -0.2) is 14.7 Å². The third-order valence-corrected chi connectivity index (χ3v) is 3.83. The maximum atomic E-state index is 12.1. The van der Waals surface area contributed by atoms with Crippen LogP contribution in [0.4, 0.5) is 0 Å². The van der Waals surface area contributed by atoms with Crippen molar-refractivity contribution < 1.29 is 4.79 Å². The van der Waals surface area contributed by atoms with Gasteiger partial charge in [-0.1, -0.05) is 33.1 Å². The topological polar surface area (TPSA) is 38.1 Å². The number of hydrogen-bond acceptors (Lipinski definition) is 2. The van der Waals surface area contributed by atoms with E-state index < -0.39 is 0 Å². The van der Waals surface area contributed by atoms with Crippen molar-refractivity contribution in [3.05, 3.63) is 17.7 Å². The molecule has 0 aromatic carbocycles. The molecule has 0 N–H and O–H groups in total. The van der Waals surface area contributed by atoms with E-state index in [4.69, 9.17) is 0 Å². The second-order valence-corrected chi connectivity index (χ2v) is 5.90. The maximum absolute atomic E-state index is 12.1. The number of imidazole rings is 1. The minimum absolute atomic E-state index is 0.117. The highest BCUT2D eigenvalue weighted by atomic mass is 16.2. The van der Waals surface area contributed by atoms with E-state index in [0.717, 1.165) is 24.4 Å². The Hall–Kier alpha value is -1.32. The van der Waals surface area contributed by atoms with Crippen molar-refractivity contribution in [2.75, 3.05) is 5.01 Å². The molecule has 1 saturated carbocycles. The summed E-state index contributed by atoms with van der Waals surface area (Å²) >= 11 is 0. The van der Waals surface area contributed by atoms with E-state index in [1.807, 2.05) is 22.8 Å². The second-order valence-electron chi connectivity index (χ2n) is 5.90. The number of hydrogen-bond donors (Lipinski definition) is 0. The number of carbonyl (C=O) groups excluding carboxylic acids is 1. The molecule has 19 heavy (non-hydrogen) atoms. The van der Waals surface area contributed by atoms with Crippen LogP contribution in [0.15, 0.2) is 6.20 Å². The number of aromatic nitrogens is 2. The van der Waals surface area contributed by atoms with Gasteiger partial charge < -0.3 is 0 Å². The summed E-state index contributed by atoms with van der Waals surface area (Å²) in [7, 11) is 0. The highest BCUT2D eigenvalue weighted by Gasteiger charge is 2.27. The quantitative estimate of drug-likeness (QED) is 0.840. The van der Waals surface area contributed by atoms with Gasteiger partial charge in [-0.3, -0.25) is 4.79 Å². The van der Waals surface area contributed by atoms with E-state index in [1.54, 1.807) is 6.92 Å². The average molecular weight is 263 g/mol. The lowest BCUT2D eigenvalue weighted by molar-refractivity contribution is -0.118. The fourth-order valence-corrected chi connectivity index (χ4v) is 2.98. The zero-order chi connectivity index (χ0) is 14.0. The summed E-state index contributed by atoms with van der Waals surface area (Å²) in [5.74, 6) is 1.42.